The predicted molar refractivity (Wildman–Crippen MR) is 97.7 cm³/mol. The standard InChI is InChI=1S/C20H33NO3/c1-15-8-9-20(12-16(15)2)24-11-10-23-14-19(22)13-21-17(3)6-5-7-18(21)4/h8-9,12,17-19,22H,5-7,10-11,13-14H2,1-4H3/t17-,18-,19-/m0/s1. The smallest absolute Gasteiger partial charge is 0.119 e. The molecule has 0 unspecified atom stereocenters. The molecule has 0 radical (unpaired) electrons. The SMILES string of the molecule is Cc1ccc(OCCOC[C@@H](O)CN2[C@@H](C)CCC[C@@H]2C)cc1C. The Morgan fingerprint density at radius 3 is 2.50 bits per heavy atom. The first-order valence-electron chi connectivity index (χ1n) is 9.19. The van der Waals surface area contributed by atoms with Gasteiger partial charge in [-0.05, 0) is 63.8 Å². The van der Waals surface area contributed by atoms with Crippen LogP contribution < -0.4 is 4.74 Å². The number of likely N-dealkylation sites (tertiary alicyclic amines) is 1. The fourth-order valence-electron chi connectivity index (χ4n) is 3.37. The number of aliphatic hydroxyl groups is 1. The van der Waals surface area contributed by atoms with E-state index in [4.69, 9.17) is 9.47 Å². The van der Waals surface area contributed by atoms with Crippen LogP contribution in [0.2, 0.25) is 0 Å². The second-order valence-corrected chi connectivity index (χ2v) is 7.15. The van der Waals surface area contributed by atoms with Crippen LogP contribution in [0.5, 0.6) is 5.75 Å². The molecule has 1 heterocycles. The number of nitrogens with zero attached hydrogens (tertiary/aromatic N) is 1. The fraction of sp³-hybridized carbons (Fsp3) is 0.700. The maximum atomic E-state index is 10.2. The Morgan fingerprint density at radius 1 is 1.12 bits per heavy atom. The lowest BCUT2D eigenvalue weighted by atomic mass is 9.97. The van der Waals surface area contributed by atoms with Crippen LogP contribution in [0.25, 0.3) is 0 Å². The highest BCUT2D eigenvalue weighted by Crippen LogP contribution is 2.22. The lowest BCUT2D eigenvalue weighted by molar-refractivity contribution is -0.0141. The minimum Gasteiger partial charge on any atom is -0.491 e. The molecule has 0 spiro atoms. The molecule has 1 fully saturated rings. The molecule has 4 nitrogen and oxygen atoms in total. The summed E-state index contributed by atoms with van der Waals surface area (Å²) in [6.45, 7) is 10.7. The van der Waals surface area contributed by atoms with E-state index in [1.165, 1.54) is 30.4 Å². The molecule has 1 aliphatic rings. The Bertz CT molecular complexity index is 496. The van der Waals surface area contributed by atoms with Gasteiger partial charge >= 0.3 is 0 Å². The lowest BCUT2D eigenvalue weighted by Crippen LogP contribution is -2.48. The van der Waals surface area contributed by atoms with Gasteiger partial charge in [0.1, 0.15) is 12.4 Å². The van der Waals surface area contributed by atoms with Crippen molar-refractivity contribution in [2.75, 3.05) is 26.4 Å². The molecule has 0 bridgehead atoms. The van der Waals surface area contributed by atoms with E-state index in [9.17, 15) is 5.11 Å². The molecule has 2 rings (SSSR count). The van der Waals surface area contributed by atoms with Crippen LogP contribution in [0.3, 0.4) is 0 Å². The number of aliphatic hydroxyl groups excluding tert-OH is 1. The molecular weight excluding hydrogens is 302 g/mol. The molecule has 0 amide bonds. The van der Waals surface area contributed by atoms with Gasteiger partial charge in [0.2, 0.25) is 0 Å². The summed E-state index contributed by atoms with van der Waals surface area (Å²) in [6, 6.07) is 7.20. The van der Waals surface area contributed by atoms with Crippen molar-refractivity contribution in [1.29, 1.82) is 0 Å². The van der Waals surface area contributed by atoms with Crippen LogP contribution in [-0.2, 0) is 4.74 Å². The Kier molecular flexibility index (Phi) is 7.53. The van der Waals surface area contributed by atoms with Crippen molar-refractivity contribution < 1.29 is 14.6 Å². The average molecular weight is 335 g/mol. The van der Waals surface area contributed by atoms with E-state index in [0.717, 1.165) is 5.75 Å². The Hall–Kier alpha value is -1.10. The largest absolute Gasteiger partial charge is 0.491 e. The summed E-state index contributed by atoms with van der Waals surface area (Å²) in [4.78, 5) is 2.41. The van der Waals surface area contributed by atoms with Gasteiger partial charge in [0.25, 0.3) is 0 Å². The van der Waals surface area contributed by atoms with Crippen LogP contribution in [-0.4, -0.2) is 54.6 Å². The molecule has 0 aliphatic carbocycles. The fourth-order valence-corrected chi connectivity index (χ4v) is 3.37. The third-order valence-corrected chi connectivity index (χ3v) is 5.08. The highest BCUT2D eigenvalue weighted by molar-refractivity contribution is 5.33. The zero-order valence-corrected chi connectivity index (χ0v) is 15.6. The number of benzene rings is 1. The predicted octanol–water partition coefficient (Wildman–Crippen LogP) is 3.32. The number of aryl methyl sites for hydroxylation is 2. The summed E-state index contributed by atoms with van der Waals surface area (Å²) in [5, 5.41) is 10.2. The van der Waals surface area contributed by atoms with Gasteiger partial charge in [-0.2, -0.15) is 0 Å². The first-order valence-corrected chi connectivity index (χ1v) is 9.19. The highest BCUT2D eigenvalue weighted by atomic mass is 16.5. The van der Waals surface area contributed by atoms with Gasteiger partial charge in [-0.15, -0.1) is 0 Å². The summed E-state index contributed by atoms with van der Waals surface area (Å²) in [6.07, 6.45) is 3.31. The minimum atomic E-state index is -0.436. The molecule has 136 valence electrons. The van der Waals surface area contributed by atoms with Crippen LogP contribution in [0, 0.1) is 13.8 Å². The van der Waals surface area contributed by atoms with Gasteiger partial charge in [0.15, 0.2) is 0 Å². The van der Waals surface area contributed by atoms with E-state index in [1.54, 1.807) is 0 Å². The molecule has 1 saturated heterocycles. The van der Waals surface area contributed by atoms with Gasteiger partial charge in [0, 0.05) is 18.6 Å². The average Bonchev–Trinajstić information content (AvgIpc) is 2.54. The first kappa shape index (κ1) is 19.2. The van der Waals surface area contributed by atoms with Crippen LogP contribution >= 0.6 is 0 Å². The van der Waals surface area contributed by atoms with Gasteiger partial charge < -0.3 is 14.6 Å². The third kappa shape index (κ3) is 5.76. The van der Waals surface area contributed by atoms with Gasteiger partial charge in [-0.1, -0.05) is 12.5 Å². The number of rotatable bonds is 8. The monoisotopic (exact) mass is 335 g/mol. The first-order chi connectivity index (χ1) is 11.5. The van der Waals surface area contributed by atoms with Gasteiger partial charge in [0.05, 0.1) is 19.3 Å². The maximum Gasteiger partial charge on any atom is 0.119 e. The van der Waals surface area contributed by atoms with Crippen LogP contribution in [0.1, 0.15) is 44.2 Å². The van der Waals surface area contributed by atoms with E-state index >= 15 is 0 Å². The van der Waals surface area contributed by atoms with Crippen molar-refractivity contribution in [3.63, 3.8) is 0 Å². The number of β-amino-alcohol motifs (C(OH)–C–C–N with tert-alkyl or cyclic N) is 1. The Labute approximate surface area is 146 Å². The van der Waals surface area contributed by atoms with E-state index < -0.39 is 6.10 Å². The second-order valence-electron chi connectivity index (χ2n) is 7.15. The second kappa shape index (κ2) is 9.40. The summed E-state index contributed by atoms with van der Waals surface area (Å²) in [7, 11) is 0. The number of piperidine rings is 1. The Morgan fingerprint density at radius 2 is 1.83 bits per heavy atom. The van der Waals surface area contributed by atoms with Gasteiger partial charge in [-0.3, -0.25) is 4.90 Å². The molecule has 3 atom stereocenters. The molecule has 1 aromatic carbocycles. The third-order valence-electron chi connectivity index (χ3n) is 5.08. The van der Waals surface area contributed by atoms with Crippen molar-refractivity contribution in [3.8, 4) is 5.75 Å². The molecule has 1 N–H and O–H groups in total. The van der Waals surface area contributed by atoms with E-state index in [1.807, 2.05) is 12.1 Å². The van der Waals surface area contributed by atoms with Crippen molar-refractivity contribution in [2.45, 2.75) is 65.1 Å². The van der Waals surface area contributed by atoms with Crippen molar-refractivity contribution in [1.82, 2.24) is 4.90 Å². The van der Waals surface area contributed by atoms with E-state index in [-0.39, 0.29) is 0 Å². The normalized spacial score (nSPS) is 23.2. The molecule has 0 aromatic heterocycles. The lowest BCUT2D eigenvalue weighted by Gasteiger charge is -2.40. The molecular formula is C20H33NO3. The topological polar surface area (TPSA) is 41.9 Å². The van der Waals surface area contributed by atoms with Crippen molar-refractivity contribution in [2.24, 2.45) is 0 Å². The highest BCUT2D eigenvalue weighted by Gasteiger charge is 2.26. The molecule has 24 heavy (non-hydrogen) atoms. The van der Waals surface area contributed by atoms with E-state index in [2.05, 4.69) is 38.7 Å². The van der Waals surface area contributed by atoms with Crippen LogP contribution in [0.15, 0.2) is 18.2 Å². The van der Waals surface area contributed by atoms with Crippen LogP contribution in [0.4, 0.5) is 0 Å². The summed E-state index contributed by atoms with van der Waals surface area (Å²) >= 11 is 0. The molecule has 1 aromatic rings. The number of hydrogen-bond acceptors (Lipinski definition) is 4. The van der Waals surface area contributed by atoms with Crippen molar-refractivity contribution >= 4 is 0 Å². The number of ether oxygens (including phenoxy) is 2. The molecule has 1 aliphatic heterocycles. The summed E-state index contributed by atoms with van der Waals surface area (Å²) < 4.78 is 11.3. The Balaban J connectivity index is 1.62. The van der Waals surface area contributed by atoms with Gasteiger partial charge in [-0.25, -0.2) is 0 Å². The summed E-state index contributed by atoms with van der Waals surface area (Å²) in [5.41, 5.74) is 2.50. The maximum absolute atomic E-state index is 10.2. The molecule has 0 saturated carbocycles. The number of hydrogen-bond donors (Lipinski definition) is 1. The molecule has 4 heteroatoms. The summed E-state index contributed by atoms with van der Waals surface area (Å²) in [5.74, 6) is 0.873. The zero-order chi connectivity index (χ0) is 17.5. The minimum absolute atomic E-state index is 0.367. The zero-order valence-electron chi connectivity index (χ0n) is 15.6. The van der Waals surface area contributed by atoms with E-state index in [0.29, 0.717) is 38.4 Å². The quantitative estimate of drug-likeness (QED) is 0.740. The van der Waals surface area contributed by atoms with Crippen molar-refractivity contribution in [3.05, 3.63) is 29.3 Å².